The summed E-state index contributed by atoms with van der Waals surface area (Å²) in [6.45, 7) is 1.25. The zero-order chi connectivity index (χ0) is 20.4. The lowest BCUT2D eigenvalue weighted by Gasteiger charge is -2.33. The Morgan fingerprint density at radius 2 is 1.86 bits per heavy atom. The molecule has 1 amide bonds. The normalized spacial score (nSPS) is 15.7. The van der Waals surface area contributed by atoms with Crippen LogP contribution < -0.4 is 5.56 Å². The molecule has 1 saturated heterocycles. The van der Waals surface area contributed by atoms with E-state index in [9.17, 15) is 18.0 Å². The maximum Gasteiger partial charge on any atom is 0.258 e. The number of aryl methyl sites for hydroxylation is 1. The van der Waals surface area contributed by atoms with Gasteiger partial charge in [0.05, 0.1) is 10.9 Å². The van der Waals surface area contributed by atoms with Gasteiger partial charge < -0.3 is 9.88 Å². The maximum atomic E-state index is 12.6. The first-order valence-corrected chi connectivity index (χ1v) is 11.6. The van der Waals surface area contributed by atoms with Crippen LogP contribution in [0.5, 0.6) is 0 Å². The molecular formula is C19H20N4O4S2. The van der Waals surface area contributed by atoms with Crippen LogP contribution in [0, 0.1) is 0 Å². The smallest absolute Gasteiger partial charge is 0.258 e. The first-order valence-electron chi connectivity index (χ1n) is 9.24. The van der Waals surface area contributed by atoms with Gasteiger partial charge in [-0.2, -0.15) is 4.31 Å². The van der Waals surface area contributed by atoms with Crippen molar-refractivity contribution in [3.63, 3.8) is 0 Å². The Bertz CT molecular complexity index is 1180. The third kappa shape index (κ3) is 4.09. The van der Waals surface area contributed by atoms with Crippen molar-refractivity contribution in [2.45, 2.75) is 17.1 Å². The minimum atomic E-state index is -3.48. The Hall–Kier alpha value is -2.56. The molecular weight excluding hydrogens is 412 g/mol. The van der Waals surface area contributed by atoms with E-state index in [1.807, 2.05) is 6.07 Å². The molecule has 4 rings (SSSR count). The number of para-hydroxylation sites is 1. The van der Waals surface area contributed by atoms with Crippen LogP contribution >= 0.6 is 11.3 Å². The number of H-pyrrole nitrogens is 1. The Morgan fingerprint density at radius 1 is 1.10 bits per heavy atom. The third-order valence-electron chi connectivity index (χ3n) is 4.92. The molecule has 0 spiro atoms. The van der Waals surface area contributed by atoms with Crippen molar-refractivity contribution in [2.75, 3.05) is 26.2 Å². The number of benzene rings is 1. The summed E-state index contributed by atoms with van der Waals surface area (Å²) in [6, 6.07) is 10.4. The van der Waals surface area contributed by atoms with Crippen LogP contribution in [-0.2, 0) is 21.2 Å². The molecule has 0 bridgehead atoms. The first-order chi connectivity index (χ1) is 13.9. The molecule has 152 valence electrons. The van der Waals surface area contributed by atoms with Gasteiger partial charge in [-0.05, 0) is 23.6 Å². The predicted molar refractivity (Wildman–Crippen MR) is 110 cm³/mol. The molecule has 0 radical (unpaired) electrons. The second-order valence-corrected chi connectivity index (χ2v) is 9.86. The highest BCUT2D eigenvalue weighted by Crippen LogP contribution is 2.22. The number of carbonyl (C=O) groups is 1. The number of rotatable bonds is 5. The van der Waals surface area contributed by atoms with Crippen LogP contribution in [0.25, 0.3) is 10.9 Å². The van der Waals surface area contributed by atoms with Crippen molar-refractivity contribution in [2.24, 2.45) is 0 Å². The Kier molecular flexibility index (Phi) is 5.48. The van der Waals surface area contributed by atoms with Crippen molar-refractivity contribution in [1.29, 1.82) is 0 Å². The topological polar surface area (TPSA) is 103 Å². The number of piperazine rings is 1. The minimum Gasteiger partial charge on any atom is -0.340 e. The standard InChI is InChI=1S/C19H20N4O4S2/c24-17(8-7-16-20-15-5-2-1-4-14(15)19(25)21-16)22-9-11-23(12-10-22)29(26,27)18-6-3-13-28-18/h1-6,13H,7-12H2,(H,20,21,25). The predicted octanol–water partition coefficient (Wildman–Crippen LogP) is 1.45. The molecule has 29 heavy (non-hydrogen) atoms. The van der Waals surface area contributed by atoms with Gasteiger partial charge in [0.25, 0.3) is 15.6 Å². The van der Waals surface area contributed by atoms with Gasteiger partial charge in [0.2, 0.25) is 5.91 Å². The molecule has 1 fully saturated rings. The quantitative estimate of drug-likeness (QED) is 0.657. The van der Waals surface area contributed by atoms with E-state index in [0.717, 1.165) is 0 Å². The van der Waals surface area contributed by atoms with Crippen LogP contribution in [0.15, 0.2) is 50.8 Å². The summed E-state index contributed by atoms with van der Waals surface area (Å²) < 4.78 is 26.9. The fraction of sp³-hybridized carbons (Fsp3) is 0.316. The number of fused-ring (bicyclic) bond motifs is 1. The number of thiophene rings is 1. The van der Waals surface area contributed by atoms with Crippen molar-refractivity contribution >= 4 is 38.2 Å². The molecule has 8 nitrogen and oxygen atoms in total. The molecule has 0 aliphatic carbocycles. The molecule has 3 aromatic rings. The van der Waals surface area contributed by atoms with Gasteiger partial charge >= 0.3 is 0 Å². The van der Waals surface area contributed by atoms with Crippen LogP contribution in [0.4, 0.5) is 0 Å². The van der Waals surface area contributed by atoms with Crippen LogP contribution in [-0.4, -0.2) is 59.7 Å². The third-order valence-corrected chi connectivity index (χ3v) is 8.19. The highest BCUT2D eigenvalue weighted by Gasteiger charge is 2.30. The SMILES string of the molecule is O=C(CCc1nc2ccccc2c(=O)[nH]1)N1CCN(S(=O)(=O)c2cccs2)CC1. The van der Waals surface area contributed by atoms with Gasteiger partial charge in [-0.3, -0.25) is 9.59 Å². The van der Waals surface area contributed by atoms with E-state index in [4.69, 9.17) is 0 Å². The van der Waals surface area contributed by atoms with Gasteiger partial charge in [0, 0.05) is 39.0 Å². The number of aromatic amines is 1. The van der Waals surface area contributed by atoms with E-state index in [2.05, 4.69) is 9.97 Å². The van der Waals surface area contributed by atoms with Gasteiger partial charge in [0.1, 0.15) is 10.0 Å². The molecule has 1 aromatic carbocycles. The number of hydrogen-bond donors (Lipinski definition) is 1. The van der Waals surface area contributed by atoms with Gasteiger partial charge in [-0.1, -0.05) is 18.2 Å². The Morgan fingerprint density at radius 3 is 2.59 bits per heavy atom. The van der Waals surface area contributed by atoms with E-state index >= 15 is 0 Å². The summed E-state index contributed by atoms with van der Waals surface area (Å²) in [7, 11) is -3.48. The monoisotopic (exact) mass is 432 g/mol. The molecule has 1 aliphatic heterocycles. The van der Waals surface area contributed by atoms with E-state index in [-0.39, 0.29) is 31.0 Å². The van der Waals surface area contributed by atoms with Gasteiger partial charge in [0.15, 0.2) is 0 Å². The second kappa shape index (κ2) is 8.05. The van der Waals surface area contributed by atoms with Crippen LogP contribution in [0.1, 0.15) is 12.2 Å². The molecule has 2 aromatic heterocycles. The average Bonchev–Trinajstić information content (AvgIpc) is 3.28. The number of nitrogens with one attached hydrogen (secondary N) is 1. The Balaban J connectivity index is 1.35. The maximum absolute atomic E-state index is 12.6. The van der Waals surface area contributed by atoms with Crippen LogP contribution in [0.2, 0.25) is 0 Å². The fourth-order valence-electron chi connectivity index (χ4n) is 3.35. The molecule has 10 heteroatoms. The first kappa shape index (κ1) is 19.7. The average molecular weight is 433 g/mol. The largest absolute Gasteiger partial charge is 0.340 e. The molecule has 3 heterocycles. The second-order valence-electron chi connectivity index (χ2n) is 6.75. The number of amides is 1. The summed E-state index contributed by atoms with van der Waals surface area (Å²) in [5.41, 5.74) is 0.386. The van der Waals surface area contributed by atoms with Crippen LogP contribution in [0.3, 0.4) is 0 Å². The Labute approximate surface area is 171 Å². The van der Waals surface area contributed by atoms with E-state index in [0.29, 0.717) is 40.4 Å². The van der Waals surface area contributed by atoms with Gasteiger partial charge in [-0.15, -0.1) is 11.3 Å². The summed E-state index contributed by atoms with van der Waals surface area (Å²) in [5.74, 6) is 0.398. The van der Waals surface area contributed by atoms with Crippen molar-refractivity contribution in [3.05, 3.63) is 58.0 Å². The summed E-state index contributed by atoms with van der Waals surface area (Å²) >= 11 is 1.19. The number of nitrogens with zero attached hydrogens (tertiary/aromatic N) is 3. The number of hydrogen-bond acceptors (Lipinski definition) is 6. The molecule has 1 aliphatic rings. The number of aromatic nitrogens is 2. The van der Waals surface area contributed by atoms with E-state index < -0.39 is 10.0 Å². The molecule has 1 N–H and O–H groups in total. The zero-order valence-corrected chi connectivity index (χ0v) is 17.2. The molecule has 0 saturated carbocycles. The molecule has 0 unspecified atom stereocenters. The number of sulfonamides is 1. The zero-order valence-electron chi connectivity index (χ0n) is 15.6. The summed E-state index contributed by atoms with van der Waals surface area (Å²) in [4.78, 5) is 33.5. The molecule has 0 atom stereocenters. The lowest BCUT2D eigenvalue weighted by atomic mass is 10.2. The van der Waals surface area contributed by atoms with Crippen molar-refractivity contribution in [1.82, 2.24) is 19.2 Å². The lowest BCUT2D eigenvalue weighted by Crippen LogP contribution is -2.50. The van der Waals surface area contributed by atoms with Crippen molar-refractivity contribution in [3.8, 4) is 0 Å². The number of carbonyl (C=O) groups excluding carboxylic acids is 1. The fourth-order valence-corrected chi connectivity index (χ4v) is 5.92. The summed E-state index contributed by atoms with van der Waals surface area (Å²) in [6.07, 6.45) is 0.533. The van der Waals surface area contributed by atoms with E-state index in [1.165, 1.54) is 15.6 Å². The lowest BCUT2D eigenvalue weighted by molar-refractivity contribution is -0.132. The van der Waals surface area contributed by atoms with Gasteiger partial charge in [-0.25, -0.2) is 13.4 Å². The van der Waals surface area contributed by atoms with E-state index in [1.54, 1.807) is 40.6 Å². The minimum absolute atomic E-state index is 0.0750. The summed E-state index contributed by atoms with van der Waals surface area (Å²) in [5, 5.41) is 2.25. The van der Waals surface area contributed by atoms with Crippen molar-refractivity contribution < 1.29 is 13.2 Å². The highest BCUT2D eigenvalue weighted by molar-refractivity contribution is 7.91. The highest BCUT2D eigenvalue weighted by atomic mass is 32.2.